The molecule has 3 nitrogen and oxygen atoms in total. The summed E-state index contributed by atoms with van der Waals surface area (Å²) in [5.74, 6) is 0.747. The molecule has 3 unspecified atom stereocenters. The normalized spacial score (nSPS) is 36.8. The fraction of sp³-hybridized carbons (Fsp3) is 1.00. The molecule has 2 heterocycles. The topological polar surface area (TPSA) is 24.5 Å². The summed E-state index contributed by atoms with van der Waals surface area (Å²) in [4.78, 5) is 2.43. The van der Waals surface area contributed by atoms with E-state index < -0.39 is 0 Å². The van der Waals surface area contributed by atoms with Crippen molar-refractivity contribution in [2.45, 2.75) is 44.8 Å². The minimum absolute atomic E-state index is 0.508. The van der Waals surface area contributed by atoms with Crippen LogP contribution in [0.1, 0.15) is 32.6 Å². The predicted molar refractivity (Wildman–Crippen MR) is 66.7 cm³/mol. The van der Waals surface area contributed by atoms with Gasteiger partial charge < -0.3 is 15.0 Å². The van der Waals surface area contributed by atoms with Crippen molar-refractivity contribution in [3.63, 3.8) is 0 Å². The van der Waals surface area contributed by atoms with Gasteiger partial charge in [0.25, 0.3) is 0 Å². The van der Waals surface area contributed by atoms with Crippen molar-refractivity contribution in [2.24, 2.45) is 5.92 Å². The van der Waals surface area contributed by atoms with Gasteiger partial charge in [-0.2, -0.15) is 0 Å². The van der Waals surface area contributed by atoms with Gasteiger partial charge in [0.15, 0.2) is 0 Å². The van der Waals surface area contributed by atoms with Crippen LogP contribution in [0.5, 0.6) is 0 Å². The Morgan fingerprint density at radius 2 is 2.25 bits per heavy atom. The number of ether oxygens (including phenoxy) is 1. The number of nitrogens with one attached hydrogen (secondary N) is 1. The van der Waals surface area contributed by atoms with Crippen molar-refractivity contribution >= 4 is 0 Å². The van der Waals surface area contributed by atoms with Crippen molar-refractivity contribution in [2.75, 3.05) is 33.3 Å². The molecular weight excluding hydrogens is 200 g/mol. The molecule has 2 aliphatic heterocycles. The molecule has 0 spiro atoms. The molecule has 2 aliphatic rings. The largest absolute Gasteiger partial charge is 0.378 e. The van der Waals surface area contributed by atoms with Crippen LogP contribution >= 0.6 is 0 Å². The average Bonchev–Trinajstić information content (AvgIpc) is 2.74. The van der Waals surface area contributed by atoms with Crippen LogP contribution < -0.4 is 5.32 Å². The Balaban J connectivity index is 1.70. The second kappa shape index (κ2) is 5.99. The van der Waals surface area contributed by atoms with Gasteiger partial charge in [-0.05, 0) is 45.2 Å². The Morgan fingerprint density at radius 3 is 3.00 bits per heavy atom. The van der Waals surface area contributed by atoms with Gasteiger partial charge in [0.05, 0.1) is 6.10 Å². The number of likely N-dealkylation sites (N-methyl/N-ethyl adjacent to an activating group) is 1. The number of likely N-dealkylation sites (tertiary alicyclic amines) is 1. The van der Waals surface area contributed by atoms with Crippen molar-refractivity contribution in [3.8, 4) is 0 Å². The zero-order valence-electron chi connectivity index (χ0n) is 10.7. The summed E-state index contributed by atoms with van der Waals surface area (Å²) in [6.45, 7) is 6.83. The Hall–Kier alpha value is -0.120. The molecule has 2 saturated heterocycles. The van der Waals surface area contributed by atoms with E-state index in [2.05, 4.69) is 24.2 Å². The van der Waals surface area contributed by atoms with E-state index in [-0.39, 0.29) is 0 Å². The van der Waals surface area contributed by atoms with Gasteiger partial charge in [-0.15, -0.1) is 0 Å². The molecule has 3 heteroatoms. The van der Waals surface area contributed by atoms with Crippen LogP contribution in [-0.2, 0) is 4.74 Å². The molecule has 0 bridgehead atoms. The summed E-state index contributed by atoms with van der Waals surface area (Å²) in [6.07, 6.45) is 5.60. The summed E-state index contributed by atoms with van der Waals surface area (Å²) < 4.78 is 5.73. The smallest absolute Gasteiger partial charge is 0.0613 e. The van der Waals surface area contributed by atoms with E-state index >= 15 is 0 Å². The van der Waals surface area contributed by atoms with Gasteiger partial charge in [-0.3, -0.25) is 0 Å². The van der Waals surface area contributed by atoms with Crippen LogP contribution in [0.25, 0.3) is 0 Å². The third-order valence-electron chi connectivity index (χ3n) is 4.04. The molecule has 94 valence electrons. The van der Waals surface area contributed by atoms with Gasteiger partial charge >= 0.3 is 0 Å². The van der Waals surface area contributed by atoms with Crippen LogP contribution in [0.15, 0.2) is 0 Å². The molecule has 0 aromatic heterocycles. The molecule has 0 aromatic rings. The van der Waals surface area contributed by atoms with E-state index in [1.54, 1.807) is 0 Å². The number of rotatable bonds is 4. The van der Waals surface area contributed by atoms with Gasteiger partial charge in [-0.25, -0.2) is 0 Å². The first-order chi connectivity index (χ1) is 7.79. The third-order valence-corrected chi connectivity index (χ3v) is 4.04. The highest BCUT2D eigenvalue weighted by Gasteiger charge is 2.27. The highest BCUT2D eigenvalue weighted by atomic mass is 16.5. The molecule has 2 fully saturated rings. The number of piperidine rings is 1. The lowest BCUT2D eigenvalue weighted by Gasteiger charge is -2.31. The minimum Gasteiger partial charge on any atom is -0.378 e. The molecule has 0 radical (unpaired) electrons. The molecule has 0 aromatic carbocycles. The molecule has 0 saturated carbocycles. The average molecular weight is 226 g/mol. The highest BCUT2D eigenvalue weighted by molar-refractivity contribution is 4.81. The second-order valence-electron chi connectivity index (χ2n) is 5.38. The zero-order valence-corrected chi connectivity index (χ0v) is 10.7. The van der Waals surface area contributed by atoms with Gasteiger partial charge in [-0.1, -0.05) is 6.92 Å². The standard InChI is InChI=1S/C13H26N2O/c1-3-13-11(6-8-16-13)9-14-12-5-4-7-15(2)10-12/h11-14H,3-10H2,1-2H3. The van der Waals surface area contributed by atoms with E-state index in [0.29, 0.717) is 12.1 Å². The lowest BCUT2D eigenvalue weighted by atomic mass is 9.98. The summed E-state index contributed by atoms with van der Waals surface area (Å²) in [6, 6.07) is 0.705. The number of hydrogen-bond donors (Lipinski definition) is 1. The van der Waals surface area contributed by atoms with Gasteiger partial charge in [0.2, 0.25) is 0 Å². The van der Waals surface area contributed by atoms with Crippen molar-refractivity contribution < 1.29 is 4.74 Å². The summed E-state index contributed by atoms with van der Waals surface area (Å²) >= 11 is 0. The van der Waals surface area contributed by atoms with E-state index in [1.807, 2.05) is 0 Å². The maximum Gasteiger partial charge on any atom is 0.0613 e. The highest BCUT2D eigenvalue weighted by Crippen LogP contribution is 2.23. The van der Waals surface area contributed by atoms with Crippen LogP contribution in [0.2, 0.25) is 0 Å². The van der Waals surface area contributed by atoms with Gasteiger partial charge in [0.1, 0.15) is 0 Å². The maximum atomic E-state index is 5.73. The lowest BCUT2D eigenvalue weighted by Crippen LogP contribution is -2.46. The third kappa shape index (κ3) is 3.19. The van der Waals surface area contributed by atoms with Gasteiger partial charge in [0, 0.05) is 25.7 Å². The first-order valence-electron chi connectivity index (χ1n) is 6.83. The monoisotopic (exact) mass is 226 g/mol. The first-order valence-corrected chi connectivity index (χ1v) is 6.83. The molecule has 1 N–H and O–H groups in total. The molecule has 0 amide bonds. The zero-order chi connectivity index (χ0) is 11.4. The number of hydrogen-bond acceptors (Lipinski definition) is 3. The van der Waals surface area contributed by atoms with Crippen molar-refractivity contribution in [3.05, 3.63) is 0 Å². The van der Waals surface area contributed by atoms with E-state index in [4.69, 9.17) is 4.74 Å². The Bertz CT molecular complexity index is 210. The quantitative estimate of drug-likeness (QED) is 0.786. The second-order valence-corrected chi connectivity index (χ2v) is 5.38. The molecule has 16 heavy (non-hydrogen) atoms. The van der Waals surface area contributed by atoms with Crippen molar-refractivity contribution in [1.29, 1.82) is 0 Å². The summed E-state index contributed by atoms with van der Waals surface area (Å²) in [5.41, 5.74) is 0. The van der Waals surface area contributed by atoms with Crippen LogP contribution in [0.4, 0.5) is 0 Å². The Morgan fingerprint density at radius 1 is 1.38 bits per heavy atom. The lowest BCUT2D eigenvalue weighted by molar-refractivity contribution is 0.0855. The molecule has 0 aliphatic carbocycles. The molecule has 3 atom stereocenters. The molecular formula is C13H26N2O. The molecule has 2 rings (SSSR count). The fourth-order valence-electron chi connectivity index (χ4n) is 3.03. The van der Waals surface area contributed by atoms with E-state index in [1.165, 1.54) is 32.4 Å². The summed E-state index contributed by atoms with van der Waals surface area (Å²) in [5, 5.41) is 3.74. The Labute approximate surface area is 99.5 Å². The maximum absolute atomic E-state index is 5.73. The van der Waals surface area contributed by atoms with Crippen LogP contribution in [0, 0.1) is 5.92 Å². The van der Waals surface area contributed by atoms with Crippen molar-refractivity contribution in [1.82, 2.24) is 10.2 Å². The SMILES string of the molecule is CCC1OCCC1CNC1CCCN(C)C1. The van der Waals surface area contributed by atoms with Crippen LogP contribution in [0.3, 0.4) is 0 Å². The Kier molecular flexibility index (Phi) is 4.62. The van der Waals surface area contributed by atoms with Crippen LogP contribution in [-0.4, -0.2) is 50.3 Å². The fourth-order valence-corrected chi connectivity index (χ4v) is 3.03. The minimum atomic E-state index is 0.508. The summed E-state index contributed by atoms with van der Waals surface area (Å²) in [7, 11) is 2.22. The number of nitrogens with zero attached hydrogens (tertiary/aromatic N) is 1. The predicted octanol–water partition coefficient (Wildman–Crippen LogP) is 1.49. The first kappa shape index (κ1) is 12.3. The van der Waals surface area contributed by atoms with E-state index in [0.717, 1.165) is 25.5 Å². The van der Waals surface area contributed by atoms with E-state index in [9.17, 15) is 0 Å².